The van der Waals surface area contributed by atoms with Gasteiger partial charge < -0.3 is 4.90 Å². The standard InChI is InChI=1S/C11H20N2O/c1-10(2,3)13-7-11(8-13)5-9(14)12(4)6-11/h5-8H2,1-4H3. The van der Waals surface area contributed by atoms with E-state index in [0.29, 0.717) is 11.3 Å². The number of carbonyl (C=O) groups excluding carboxylic acids is 1. The van der Waals surface area contributed by atoms with Crippen LogP contribution in [0.3, 0.4) is 0 Å². The van der Waals surface area contributed by atoms with Crippen molar-refractivity contribution in [2.24, 2.45) is 5.41 Å². The molecule has 2 saturated heterocycles. The fourth-order valence-electron chi connectivity index (χ4n) is 2.55. The van der Waals surface area contributed by atoms with Crippen LogP contribution in [-0.2, 0) is 4.79 Å². The van der Waals surface area contributed by atoms with E-state index in [1.165, 1.54) is 0 Å². The highest BCUT2D eigenvalue weighted by atomic mass is 16.2. The topological polar surface area (TPSA) is 23.6 Å². The third kappa shape index (κ3) is 1.44. The van der Waals surface area contributed by atoms with E-state index >= 15 is 0 Å². The average Bonchev–Trinajstić information content (AvgIpc) is 2.23. The predicted molar refractivity (Wildman–Crippen MR) is 56.0 cm³/mol. The third-order valence-electron chi connectivity index (χ3n) is 3.53. The van der Waals surface area contributed by atoms with Crippen molar-refractivity contribution < 1.29 is 4.79 Å². The molecule has 0 saturated carbocycles. The average molecular weight is 196 g/mol. The van der Waals surface area contributed by atoms with Crippen molar-refractivity contribution in [3.05, 3.63) is 0 Å². The molecular weight excluding hydrogens is 176 g/mol. The predicted octanol–water partition coefficient (Wildman–Crippen LogP) is 0.949. The minimum absolute atomic E-state index is 0.259. The number of carbonyl (C=O) groups is 1. The van der Waals surface area contributed by atoms with Crippen molar-refractivity contribution in [3.63, 3.8) is 0 Å². The fourth-order valence-corrected chi connectivity index (χ4v) is 2.55. The van der Waals surface area contributed by atoms with Crippen molar-refractivity contribution in [3.8, 4) is 0 Å². The number of rotatable bonds is 0. The smallest absolute Gasteiger partial charge is 0.223 e. The molecule has 2 rings (SSSR count). The molecule has 1 amide bonds. The molecule has 0 aromatic rings. The Hall–Kier alpha value is -0.570. The number of hydrogen-bond donors (Lipinski definition) is 0. The first-order valence-corrected chi connectivity index (χ1v) is 5.32. The lowest BCUT2D eigenvalue weighted by Gasteiger charge is -2.53. The Kier molecular flexibility index (Phi) is 1.94. The summed E-state index contributed by atoms with van der Waals surface area (Å²) in [6, 6.07) is 0. The molecule has 3 heteroatoms. The van der Waals surface area contributed by atoms with E-state index in [9.17, 15) is 4.79 Å². The second-order valence-corrected chi connectivity index (χ2v) is 5.95. The molecular formula is C11H20N2O. The Bertz CT molecular complexity index is 261. The van der Waals surface area contributed by atoms with Gasteiger partial charge in [-0.2, -0.15) is 0 Å². The van der Waals surface area contributed by atoms with Crippen molar-refractivity contribution in [1.82, 2.24) is 9.80 Å². The van der Waals surface area contributed by atoms with E-state index in [4.69, 9.17) is 0 Å². The summed E-state index contributed by atoms with van der Waals surface area (Å²) in [6.45, 7) is 9.85. The van der Waals surface area contributed by atoms with Crippen molar-refractivity contribution in [2.45, 2.75) is 32.7 Å². The molecule has 0 N–H and O–H groups in total. The van der Waals surface area contributed by atoms with Crippen LogP contribution in [0.1, 0.15) is 27.2 Å². The van der Waals surface area contributed by atoms with E-state index in [0.717, 1.165) is 26.1 Å². The zero-order chi connectivity index (χ0) is 10.6. The van der Waals surface area contributed by atoms with Gasteiger partial charge >= 0.3 is 0 Å². The van der Waals surface area contributed by atoms with Gasteiger partial charge in [-0.05, 0) is 20.8 Å². The van der Waals surface area contributed by atoms with Gasteiger partial charge in [0.15, 0.2) is 0 Å². The van der Waals surface area contributed by atoms with Crippen LogP contribution in [-0.4, -0.2) is 47.9 Å². The summed E-state index contributed by atoms with van der Waals surface area (Å²) in [6.07, 6.45) is 0.760. The Morgan fingerprint density at radius 3 is 2.14 bits per heavy atom. The third-order valence-corrected chi connectivity index (χ3v) is 3.53. The molecule has 0 radical (unpaired) electrons. The van der Waals surface area contributed by atoms with Gasteiger partial charge in [0.25, 0.3) is 0 Å². The minimum Gasteiger partial charge on any atom is -0.345 e. The van der Waals surface area contributed by atoms with Crippen LogP contribution in [0.15, 0.2) is 0 Å². The molecule has 14 heavy (non-hydrogen) atoms. The quantitative estimate of drug-likeness (QED) is 0.576. The first-order valence-electron chi connectivity index (χ1n) is 5.32. The number of hydrogen-bond acceptors (Lipinski definition) is 2. The lowest BCUT2D eigenvalue weighted by atomic mass is 9.76. The molecule has 3 nitrogen and oxygen atoms in total. The SMILES string of the molecule is CN1CC2(CC1=O)CN(C(C)(C)C)C2. The van der Waals surface area contributed by atoms with Crippen LogP contribution in [0.25, 0.3) is 0 Å². The summed E-state index contributed by atoms with van der Waals surface area (Å²) >= 11 is 0. The summed E-state index contributed by atoms with van der Waals surface area (Å²) in [5.74, 6) is 0.318. The van der Waals surface area contributed by atoms with E-state index in [1.807, 2.05) is 11.9 Å². The number of amides is 1. The first-order chi connectivity index (χ1) is 6.32. The molecule has 2 aliphatic rings. The zero-order valence-corrected chi connectivity index (χ0v) is 9.63. The van der Waals surface area contributed by atoms with E-state index in [-0.39, 0.29) is 5.54 Å². The second-order valence-electron chi connectivity index (χ2n) is 5.95. The largest absolute Gasteiger partial charge is 0.345 e. The maximum absolute atomic E-state index is 11.4. The second kappa shape index (κ2) is 2.72. The monoisotopic (exact) mass is 196 g/mol. The van der Waals surface area contributed by atoms with Gasteiger partial charge in [0.1, 0.15) is 0 Å². The maximum atomic E-state index is 11.4. The number of likely N-dealkylation sites (tertiary alicyclic amines) is 2. The summed E-state index contributed by atoms with van der Waals surface area (Å²) in [5, 5.41) is 0. The zero-order valence-electron chi connectivity index (χ0n) is 9.63. The molecule has 0 aromatic heterocycles. The van der Waals surface area contributed by atoms with Gasteiger partial charge in [-0.15, -0.1) is 0 Å². The van der Waals surface area contributed by atoms with Gasteiger partial charge in [-0.25, -0.2) is 0 Å². The van der Waals surface area contributed by atoms with Crippen molar-refractivity contribution in [2.75, 3.05) is 26.7 Å². The maximum Gasteiger partial charge on any atom is 0.223 e. The summed E-state index contributed by atoms with van der Waals surface area (Å²) in [7, 11) is 1.91. The fraction of sp³-hybridized carbons (Fsp3) is 0.909. The highest BCUT2D eigenvalue weighted by molar-refractivity contribution is 5.79. The molecule has 2 heterocycles. The van der Waals surface area contributed by atoms with E-state index in [1.54, 1.807) is 0 Å². The highest BCUT2D eigenvalue weighted by Crippen LogP contribution is 2.42. The molecule has 0 aromatic carbocycles. The summed E-state index contributed by atoms with van der Waals surface area (Å²) < 4.78 is 0. The van der Waals surface area contributed by atoms with E-state index in [2.05, 4.69) is 25.7 Å². The Morgan fingerprint density at radius 2 is 1.79 bits per heavy atom. The minimum atomic E-state index is 0.259. The Balaban J connectivity index is 1.97. The van der Waals surface area contributed by atoms with E-state index < -0.39 is 0 Å². The molecule has 0 bridgehead atoms. The van der Waals surface area contributed by atoms with Crippen molar-refractivity contribution in [1.29, 1.82) is 0 Å². The first kappa shape index (κ1) is 9.97. The molecule has 80 valence electrons. The Morgan fingerprint density at radius 1 is 1.21 bits per heavy atom. The van der Waals surface area contributed by atoms with Gasteiger partial charge in [0.05, 0.1) is 0 Å². The van der Waals surface area contributed by atoms with Gasteiger partial charge in [0.2, 0.25) is 5.91 Å². The van der Waals surface area contributed by atoms with Crippen LogP contribution >= 0.6 is 0 Å². The van der Waals surface area contributed by atoms with Crippen molar-refractivity contribution >= 4 is 5.91 Å². The van der Waals surface area contributed by atoms with Crippen LogP contribution in [0.2, 0.25) is 0 Å². The van der Waals surface area contributed by atoms with Crippen LogP contribution in [0.4, 0.5) is 0 Å². The Labute approximate surface area is 86.1 Å². The van der Waals surface area contributed by atoms with Crippen LogP contribution in [0, 0.1) is 5.41 Å². The molecule has 2 fully saturated rings. The molecule has 0 atom stereocenters. The van der Waals surface area contributed by atoms with Gasteiger partial charge in [-0.3, -0.25) is 9.69 Å². The highest BCUT2D eigenvalue weighted by Gasteiger charge is 2.52. The van der Waals surface area contributed by atoms with Gasteiger partial charge in [-0.1, -0.05) is 0 Å². The normalized spacial score (nSPS) is 27.1. The van der Waals surface area contributed by atoms with Crippen LogP contribution < -0.4 is 0 Å². The lowest BCUT2D eigenvalue weighted by molar-refractivity contribution is -0.127. The molecule has 2 aliphatic heterocycles. The van der Waals surface area contributed by atoms with Gasteiger partial charge in [0, 0.05) is 44.1 Å². The summed E-state index contributed by atoms with van der Waals surface area (Å²) in [4.78, 5) is 15.8. The van der Waals surface area contributed by atoms with Crippen LogP contribution in [0.5, 0.6) is 0 Å². The number of nitrogens with zero attached hydrogens (tertiary/aromatic N) is 2. The molecule has 0 aliphatic carbocycles. The molecule has 0 unspecified atom stereocenters. The lowest BCUT2D eigenvalue weighted by Crippen LogP contribution is -2.63. The summed E-state index contributed by atoms with van der Waals surface area (Å²) in [5.41, 5.74) is 0.550. The molecule has 1 spiro atoms.